The first-order valence-corrected chi connectivity index (χ1v) is 9.86. The van der Waals surface area contributed by atoms with Crippen molar-refractivity contribution in [2.75, 3.05) is 29.4 Å². The maximum atomic E-state index is 13.5. The van der Waals surface area contributed by atoms with E-state index in [0.29, 0.717) is 24.2 Å². The average Bonchev–Trinajstić information content (AvgIpc) is 2.64. The Morgan fingerprint density at radius 2 is 1.62 bits per heavy atom. The summed E-state index contributed by atoms with van der Waals surface area (Å²) < 4.78 is 79.2. The number of fused-ring (bicyclic) bond motifs is 1. The zero-order chi connectivity index (χ0) is 22.7. The Bertz CT molecular complexity index is 1160. The van der Waals surface area contributed by atoms with Crippen LogP contribution < -0.4 is 9.80 Å². The second-order valence-corrected chi connectivity index (χ2v) is 7.80. The number of pyridine rings is 2. The van der Waals surface area contributed by atoms with Crippen LogP contribution in [0.4, 0.5) is 38.1 Å². The number of hydrogen-bond donors (Lipinski definition) is 0. The van der Waals surface area contributed by atoms with Crippen molar-refractivity contribution in [2.45, 2.75) is 24.8 Å². The fourth-order valence-electron chi connectivity index (χ4n) is 4.03. The Morgan fingerprint density at radius 3 is 2.28 bits per heavy atom. The van der Waals surface area contributed by atoms with Crippen LogP contribution in [0.15, 0.2) is 36.7 Å². The van der Waals surface area contributed by atoms with E-state index in [0.717, 1.165) is 6.20 Å². The maximum absolute atomic E-state index is 13.5. The van der Waals surface area contributed by atoms with Crippen LogP contribution in [-0.4, -0.2) is 45.7 Å². The summed E-state index contributed by atoms with van der Waals surface area (Å²) in [6.45, 7) is -0.112. The lowest BCUT2D eigenvalue weighted by atomic mass is 9.93. The summed E-state index contributed by atoms with van der Waals surface area (Å²) in [4.78, 5) is 19.6. The van der Waals surface area contributed by atoms with Crippen molar-refractivity contribution in [1.29, 1.82) is 0 Å². The van der Waals surface area contributed by atoms with Gasteiger partial charge in [0.05, 0.1) is 17.3 Å². The molecule has 5 rings (SSSR count). The maximum Gasteiger partial charge on any atom is 0.433 e. The zero-order valence-electron chi connectivity index (χ0n) is 16.4. The third kappa shape index (κ3) is 3.47. The second-order valence-electron chi connectivity index (χ2n) is 7.80. The highest BCUT2D eigenvalue weighted by Crippen LogP contribution is 2.44. The lowest BCUT2D eigenvalue weighted by Crippen LogP contribution is -2.54. The van der Waals surface area contributed by atoms with E-state index in [-0.39, 0.29) is 30.2 Å². The van der Waals surface area contributed by atoms with E-state index < -0.39 is 30.0 Å². The topological polar surface area (TPSA) is 58.0 Å². The standard InChI is InChI=1S/C20H16F6N6/c21-19(22,23)11-9-31(10-11)18-29-16-13(4-2-7-28-16)17(30-18)32-8-5-14(32)12-3-1-6-27-15(12)20(24,25)26/h1-4,6-7,11,14H,5,8-10H2. The molecular weight excluding hydrogens is 438 g/mol. The SMILES string of the molecule is FC(F)(F)c1ncccc1C1CCN1c1nc(N2CC(C(F)(F)F)C2)nc2ncccc12. The summed E-state index contributed by atoms with van der Waals surface area (Å²) in [5.74, 6) is -1.03. The van der Waals surface area contributed by atoms with Gasteiger partial charge in [0.25, 0.3) is 0 Å². The van der Waals surface area contributed by atoms with Crippen LogP contribution in [0.25, 0.3) is 11.0 Å². The van der Waals surface area contributed by atoms with Crippen LogP contribution in [0, 0.1) is 5.92 Å². The molecule has 2 fully saturated rings. The Labute approximate surface area is 177 Å². The number of nitrogens with zero attached hydrogens (tertiary/aromatic N) is 6. The minimum Gasteiger partial charge on any atom is -0.349 e. The lowest BCUT2D eigenvalue weighted by Gasteiger charge is -2.44. The quantitative estimate of drug-likeness (QED) is 0.548. The molecule has 0 aromatic carbocycles. The van der Waals surface area contributed by atoms with Crippen LogP contribution in [0.2, 0.25) is 0 Å². The number of aromatic nitrogens is 4. The molecule has 0 amide bonds. The van der Waals surface area contributed by atoms with Gasteiger partial charge in [-0.25, -0.2) is 4.98 Å². The molecule has 0 saturated carbocycles. The van der Waals surface area contributed by atoms with Gasteiger partial charge in [0.2, 0.25) is 5.95 Å². The summed E-state index contributed by atoms with van der Waals surface area (Å²) in [7, 11) is 0. The van der Waals surface area contributed by atoms with Gasteiger partial charge in [0.1, 0.15) is 11.5 Å². The summed E-state index contributed by atoms with van der Waals surface area (Å²) in [5.41, 5.74) is -0.650. The van der Waals surface area contributed by atoms with Crippen molar-refractivity contribution in [2.24, 2.45) is 5.92 Å². The van der Waals surface area contributed by atoms with E-state index in [2.05, 4.69) is 19.9 Å². The molecule has 32 heavy (non-hydrogen) atoms. The van der Waals surface area contributed by atoms with E-state index in [4.69, 9.17) is 0 Å². The smallest absolute Gasteiger partial charge is 0.349 e. The number of anilines is 2. The molecule has 0 aliphatic carbocycles. The Morgan fingerprint density at radius 1 is 0.906 bits per heavy atom. The largest absolute Gasteiger partial charge is 0.433 e. The fourth-order valence-corrected chi connectivity index (χ4v) is 4.03. The van der Waals surface area contributed by atoms with Gasteiger partial charge < -0.3 is 9.80 Å². The highest BCUT2D eigenvalue weighted by atomic mass is 19.4. The van der Waals surface area contributed by atoms with Gasteiger partial charge in [-0.15, -0.1) is 0 Å². The predicted molar refractivity (Wildman–Crippen MR) is 103 cm³/mol. The third-order valence-electron chi connectivity index (χ3n) is 5.82. The molecule has 0 spiro atoms. The molecule has 2 saturated heterocycles. The predicted octanol–water partition coefficient (Wildman–Crippen LogP) is 4.39. The highest BCUT2D eigenvalue weighted by molar-refractivity contribution is 5.88. The molecule has 0 bridgehead atoms. The van der Waals surface area contributed by atoms with E-state index in [1.165, 1.54) is 23.2 Å². The van der Waals surface area contributed by atoms with E-state index in [9.17, 15) is 26.3 Å². The van der Waals surface area contributed by atoms with Crippen molar-refractivity contribution in [3.05, 3.63) is 47.9 Å². The molecule has 0 N–H and O–H groups in total. The molecule has 2 aliphatic heterocycles. The van der Waals surface area contributed by atoms with Gasteiger partial charge in [0, 0.05) is 37.6 Å². The van der Waals surface area contributed by atoms with Crippen molar-refractivity contribution in [3.63, 3.8) is 0 Å². The van der Waals surface area contributed by atoms with Crippen molar-refractivity contribution in [1.82, 2.24) is 19.9 Å². The van der Waals surface area contributed by atoms with E-state index in [1.54, 1.807) is 17.0 Å². The fraction of sp³-hybridized carbons (Fsp3) is 0.400. The number of alkyl halides is 6. The van der Waals surface area contributed by atoms with E-state index in [1.807, 2.05) is 0 Å². The lowest BCUT2D eigenvalue weighted by molar-refractivity contribution is -0.180. The summed E-state index contributed by atoms with van der Waals surface area (Å²) in [6.07, 6.45) is -5.87. The van der Waals surface area contributed by atoms with Crippen LogP contribution in [0.5, 0.6) is 0 Å². The number of halogens is 6. The van der Waals surface area contributed by atoms with Crippen LogP contribution >= 0.6 is 0 Å². The number of rotatable bonds is 3. The Hall–Kier alpha value is -3.18. The molecule has 1 atom stereocenters. The van der Waals surface area contributed by atoms with Crippen molar-refractivity contribution >= 4 is 22.8 Å². The first-order valence-electron chi connectivity index (χ1n) is 9.86. The summed E-state index contributed by atoms with van der Waals surface area (Å²) in [6, 6.07) is 5.56. The van der Waals surface area contributed by atoms with Gasteiger partial charge in [-0.3, -0.25) is 4.98 Å². The molecule has 2 aliphatic rings. The zero-order valence-corrected chi connectivity index (χ0v) is 16.4. The summed E-state index contributed by atoms with van der Waals surface area (Å²) >= 11 is 0. The normalized spacial score (nSPS) is 19.8. The van der Waals surface area contributed by atoms with Crippen molar-refractivity contribution in [3.8, 4) is 0 Å². The van der Waals surface area contributed by atoms with Gasteiger partial charge in [-0.1, -0.05) is 6.07 Å². The van der Waals surface area contributed by atoms with Gasteiger partial charge >= 0.3 is 12.4 Å². The molecule has 168 valence electrons. The first-order chi connectivity index (χ1) is 15.1. The van der Waals surface area contributed by atoms with Gasteiger partial charge in [-0.2, -0.15) is 36.3 Å². The van der Waals surface area contributed by atoms with E-state index >= 15 is 0 Å². The molecule has 3 aromatic rings. The highest BCUT2D eigenvalue weighted by Gasteiger charge is 2.48. The third-order valence-corrected chi connectivity index (χ3v) is 5.82. The van der Waals surface area contributed by atoms with Crippen LogP contribution in [-0.2, 0) is 6.18 Å². The monoisotopic (exact) mass is 454 g/mol. The minimum atomic E-state index is -4.61. The summed E-state index contributed by atoms with van der Waals surface area (Å²) in [5, 5.41) is 0.520. The molecule has 5 heterocycles. The molecule has 0 radical (unpaired) electrons. The Balaban J connectivity index is 1.52. The van der Waals surface area contributed by atoms with Crippen LogP contribution in [0.3, 0.4) is 0 Å². The molecule has 1 unspecified atom stereocenters. The molecule has 12 heteroatoms. The van der Waals surface area contributed by atoms with Crippen molar-refractivity contribution < 1.29 is 26.3 Å². The Kier molecular flexibility index (Phi) is 4.64. The molecular formula is C20H16F6N6. The number of hydrogen-bond acceptors (Lipinski definition) is 6. The minimum absolute atomic E-state index is 0.0320. The first kappa shape index (κ1) is 20.7. The average molecular weight is 454 g/mol. The van der Waals surface area contributed by atoms with Gasteiger partial charge in [-0.05, 0) is 24.6 Å². The molecule has 3 aromatic heterocycles. The second kappa shape index (κ2) is 7.17. The molecule has 6 nitrogen and oxygen atoms in total. The van der Waals surface area contributed by atoms with Gasteiger partial charge in [0.15, 0.2) is 5.65 Å². The van der Waals surface area contributed by atoms with Crippen LogP contribution in [0.1, 0.15) is 23.7 Å².